The summed E-state index contributed by atoms with van der Waals surface area (Å²) in [5.41, 5.74) is 0.582. The Morgan fingerprint density at radius 3 is 2.81 bits per heavy atom. The Morgan fingerprint density at radius 1 is 1.52 bits per heavy atom. The molecule has 21 heavy (non-hydrogen) atoms. The number of nitrogens with zero attached hydrogens (tertiary/aromatic N) is 2. The Morgan fingerprint density at radius 2 is 2.24 bits per heavy atom. The third-order valence-corrected chi connectivity index (χ3v) is 4.00. The number of hydrogen-bond donors (Lipinski definition) is 0. The number of nitro benzene ring substituents is 1. The lowest BCUT2D eigenvalue weighted by molar-refractivity contribution is -0.384. The highest BCUT2D eigenvalue weighted by atomic mass is 16.6. The zero-order valence-corrected chi connectivity index (χ0v) is 12.6. The molecule has 0 spiro atoms. The highest BCUT2D eigenvalue weighted by Crippen LogP contribution is 2.33. The van der Waals surface area contributed by atoms with Crippen LogP contribution in [0.5, 0.6) is 0 Å². The average molecular weight is 292 g/mol. The lowest BCUT2D eigenvalue weighted by atomic mass is 10.00. The summed E-state index contributed by atoms with van der Waals surface area (Å²) in [6.45, 7) is 7.20. The van der Waals surface area contributed by atoms with Gasteiger partial charge < -0.3 is 9.64 Å². The van der Waals surface area contributed by atoms with Gasteiger partial charge in [-0.25, -0.2) is 0 Å². The van der Waals surface area contributed by atoms with Gasteiger partial charge in [0.25, 0.3) is 5.69 Å². The molecule has 6 nitrogen and oxygen atoms in total. The van der Waals surface area contributed by atoms with Crippen LogP contribution >= 0.6 is 0 Å². The summed E-state index contributed by atoms with van der Waals surface area (Å²) in [5, 5.41) is 11.3. The SMILES string of the molecule is CCC1(C)CN(c2ccc(C(C)=O)cc2[N+](=O)[O-])CCO1. The molecule has 0 aromatic heterocycles. The van der Waals surface area contributed by atoms with Crippen molar-refractivity contribution in [3.63, 3.8) is 0 Å². The van der Waals surface area contributed by atoms with Crippen LogP contribution in [0, 0.1) is 10.1 Å². The first-order valence-electron chi connectivity index (χ1n) is 7.04. The maximum atomic E-state index is 11.4. The number of anilines is 1. The number of carbonyl (C=O) groups excluding carboxylic acids is 1. The van der Waals surface area contributed by atoms with Crippen LogP contribution in [0.15, 0.2) is 18.2 Å². The predicted molar refractivity (Wildman–Crippen MR) is 80.0 cm³/mol. The van der Waals surface area contributed by atoms with Crippen molar-refractivity contribution in [2.45, 2.75) is 32.8 Å². The number of morpholine rings is 1. The molecule has 6 heteroatoms. The molecule has 1 saturated heterocycles. The number of nitro groups is 1. The fourth-order valence-corrected chi connectivity index (χ4v) is 2.51. The van der Waals surface area contributed by atoms with E-state index in [2.05, 4.69) is 0 Å². The minimum absolute atomic E-state index is 0.0250. The molecule has 0 amide bonds. The number of rotatable bonds is 4. The minimum Gasteiger partial charge on any atom is -0.372 e. The van der Waals surface area contributed by atoms with E-state index in [1.807, 2.05) is 18.7 Å². The van der Waals surface area contributed by atoms with Gasteiger partial charge in [-0.3, -0.25) is 14.9 Å². The van der Waals surface area contributed by atoms with Gasteiger partial charge in [-0.2, -0.15) is 0 Å². The summed E-state index contributed by atoms with van der Waals surface area (Å²) in [7, 11) is 0. The largest absolute Gasteiger partial charge is 0.372 e. The molecule has 114 valence electrons. The Bertz CT molecular complexity index is 573. The van der Waals surface area contributed by atoms with Gasteiger partial charge in [0.15, 0.2) is 5.78 Å². The molecule has 1 aromatic rings. The van der Waals surface area contributed by atoms with Crippen LogP contribution in [0.4, 0.5) is 11.4 Å². The minimum atomic E-state index is -0.430. The van der Waals surface area contributed by atoms with Crippen molar-refractivity contribution in [2.75, 3.05) is 24.6 Å². The Balaban J connectivity index is 2.39. The van der Waals surface area contributed by atoms with Crippen molar-refractivity contribution in [1.29, 1.82) is 0 Å². The summed E-state index contributed by atoms with van der Waals surface area (Å²) in [4.78, 5) is 24.2. The first-order valence-corrected chi connectivity index (χ1v) is 7.04. The topological polar surface area (TPSA) is 72.7 Å². The van der Waals surface area contributed by atoms with Crippen LogP contribution < -0.4 is 4.90 Å². The average Bonchev–Trinajstić information content (AvgIpc) is 2.46. The molecule has 1 aliphatic rings. The normalized spacial score (nSPS) is 22.1. The van der Waals surface area contributed by atoms with Gasteiger partial charge in [-0.15, -0.1) is 0 Å². The zero-order chi connectivity index (χ0) is 15.6. The fourth-order valence-electron chi connectivity index (χ4n) is 2.51. The number of carbonyl (C=O) groups is 1. The van der Waals surface area contributed by atoms with E-state index in [9.17, 15) is 14.9 Å². The molecule has 1 atom stereocenters. The quantitative estimate of drug-likeness (QED) is 0.484. The van der Waals surface area contributed by atoms with Crippen molar-refractivity contribution in [1.82, 2.24) is 0 Å². The predicted octanol–water partition coefficient (Wildman–Crippen LogP) is 2.80. The molecule has 0 N–H and O–H groups in total. The van der Waals surface area contributed by atoms with Gasteiger partial charge in [0.2, 0.25) is 0 Å². The number of ketones is 1. The lowest BCUT2D eigenvalue weighted by Gasteiger charge is -2.41. The molecule has 1 aliphatic heterocycles. The van der Waals surface area contributed by atoms with Crippen LogP contribution in [-0.2, 0) is 4.74 Å². The highest BCUT2D eigenvalue weighted by Gasteiger charge is 2.33. The molecule has 2 rings (SSSR count). The molecule has 0 radical (unpaired) electrons. The second-order valence-electron chi connectivity index (χ2n) is 5.59. The maximum Gasteiger partial charge on any atom is 0.293 e. The Hall–Kier alpha value is -1.95. The third-order valence-electron chi connectivity index (χ3n) is 4.00. The van der Waals surface area contributed by atoms with Crippen molar-refractivity contribution >= 4 is 17.2 Å². The van der Waals surface area contributed by atoms with Crippen LogP contribution in [0.25, 0.3) is 0 Å². The molecule has 0 bridgehead atoms. The van der Waals surface area contributed by atoms with E-state index in [1.165, 1.54) is 13.0 Å². The van der Waals surface area contributed by atoms with Gasteiger partial charge in [0, 0.05) is 24.7 Å². The van der Waals surface area contributed by atoms with Crippen molar-refractivity contribution in [3.05, 3.63) is 33.9 Å². The number of hydrogen-bond acceptors (Lipinski definition) is 5. The van der Waals surface area contributed by atoms with Gasteiger partial charge in [-0.1, -0.05) is 6.92 Å². The van der Waals surface area contributed by atoms with Gasteiger partial charge in [0.05, 0.1) is 17.1 Å². The highest BCUT2D eigenvalue weighted by molar-refractivity contribution is 5.95. The smallest absolute Gasteiger partial charge is 0.293 e. The van der Waals surface area contributed by atoms with E-state index in [0.717, 1.165) is 6.42 Å². The Labute approximate surface area is 123 Å². The second-order valence-corrected chi connectivity index (χ2v) is 5.59. The zero-order valence-electron chi connectivity index (χ0n) is 12.6. The first kappa shape index (κ1) is 15.4. The first-order chi connectivity index (χ1) is 9.86. The summed E-state index contributed by atoms with van der Waals surface area (Å²) in [6, 6.07) is 4.66. The lowest BCUT2D eigenvalue weighted by Crippen LogP contribution is -2.50. The van der Waals surface area contributed by atoms with Crippen LogP contribution in [0.1, 0.15) is 37.6 Å². The molecule has 0 aliphatic carbocycles. The van der Waals surface area contributed by atoms with E-state index in [1.54, 1.807) is 12.1 Å². The fraction of sp³-hybridized carbons (Fsp3) is 0.533. The summed E-state index contributed by atoms with van der Waals surface area (Å²) in [5.74, 6) is -0.176. The van der Waals surface area contributed by atoms with Gasteiger partial charge in [0.1, 0.15) is 5.69 Å². The molecular formula is C15H20N2O4. The summed E-state index contributed by atoms with van der Waals surface area (Å²) < 4.78 is 5.76. The molecular weight excluding hydrogens is 272 g/mol. The molecule has 1 aromatic carbocycles. The maximum absolute atomic E-state index is 11.4. The van der Waals surface area contributed by atoms with E-state index in [-0.39, 0.29) is 17.1 Å². The number of Topliss-reactive ketones (excluding diaryl/α,β-unsaturated/α-hetero) is 1. The molecule has 1 fully saturated rings. The van der Waals surface area contributed by atoms with E-state index in [0.29, 0.717) is 30.9 Å². The van der Waals surface area contributed by atoms with Crippen LogP contribution in [0.2, 0.25) is 0 Å². The molecule has 1 unspecified atom stereocenters. The number of ether oxygens (including phenoxy) is 1. The second kappa shape index (κ2) is 5.81. The summed E-state index contributed by atoms with van der Waals surface area (Å²) in [6.07, 6.45) is 0.836. The standard InChI is InChI=1S/C15H20N2O4/c1-4-15(3)10-16(7-8-21-15)13-6-5-12(11(2)18)9-14(13)17(19)20/h5-6,9H,4,7-8,10H2,1-3H3. The van der Waals surface area contributed by atoms with Crippen molar-refractivity contribution in [2.24, 2.45) is 0 Å². The van der Waals surface area contributed by atoms with Gasteiger partial charge in [-0.05, 0) is 32.4 Å². The van der Waals surface area contributed by atoms with Crippen molar-refractivity contribution in [3.8, 4) is 0 Å². The monoisotopic (exact) mass is 292 g/mol. The van der Waals surface area contributed by atoms with Crippen molar-refractivity contribution < 1.29 is 14.5 Å². The van der Waals surface area contributed by atoms with Crippen LogP contribution in [0.3, 0.4) is 0 Å². The van der Waals surface area contributed by atoms with E-state index >= 15 is 0 Å². The van der Waals surface area contributed by atoms with E-state index < -0.39 is 4.92 Å². The van der Waals surface area contributed by atoms with E-state index in [4.69, 9.17) is 4.74 Å². The third kappa shape index (κ3) is 3.21. The molecule has 1 heterocycles. The van der Waals surface area contributed by atoms with Crippen LogP contribution in [-0.4, -0.2) is 36.0 Å². The molecule has 0 saturated carbocycles. The van der Waals surface area contributed by atoms with Gasteiger partial charge >= 0.3 is 0 Å². The Kier molecular flexibility index (Phi) is 4.27. The number of benzene rings is 1. The summed E-state index contributed by atoms with van der Waals surface area (Å²) >= 11 is 0.